The van der Waals surface area contributed by atoms with Crippen molar-refractivity contribution >= 4 is 40.9 Å². The van der Waals surface area contributed by atoms with Gasteiger partial charge >= 0.3 is 5.97 Å². The van der Waals surface area contributed by atoms with Crippen LogP contribution in [0.25, 0.3) is 0 Å². The number of aromatic carboxylic acids is 1. The van der Waals surface area contributed by atoms with Crippen LogP contribution in [0.5, 0.6) is 0 Å². The summed E-state index contributed by atoms with van der Waals surface area (Å²) in [6, 6.07) is 7.53. The number of nitrogens with zero attached hydrogens (tertiary/aromatic N) is 1. The number of anilines is 1. The number of nitrogens with one attached hydrogen (secondary N) is 1. The van der Waals surface area contributed by atoms with Crippen molar-refractivity contribution < 1.29 is 14.7 Å². The number of halogens is 2. The maximum atomic E-state index is 11.9. The number of benzene rings is 1. The molecule has 1 aromatic heterocycles. The van der Waals surface area contributed by atoms with E-state index >= 15 is 0 Å². The van der Waals surface area contributed by atoms with Crippen LogP contribution >= 0.6 is 23.2 Å². The van der Waals surface area contributed by atoms with Crippen LogP contribution in [0.1, 0.15) is 15.9 Å². The molecule has 2 N–H and O–H groups in total. The summed E-state index contributed by atoms with van der Waals surface area (Å²) in [4.78, 5) is 26.6. The molecule has 0 atom stereocenters. The molecule has 0 bridgehead atoms. The highest BCUT2D eigenvalue weighted by atomic mass is 35.5. The molecule has 0 aliphatic heterocycles. The molecule has 21 heavy (non-hydrogen) atoms. The number of carbonyl (C=O) groups is 2. The van der Waals surface area contributed by atoms with Gasteiger partial charge in [0.15, 0.2) is 0 Å². The van der Waals surface area contributed by atoms with E-state index in [4.69, 9.17) is 28.3 Å². The standard InChI is InChI=1S/C14H10Cl2N2O3/c15-10-2-1-8(5-11(10)16)6-13(19)18-12-7-9(14(20)21)3-4-17-12/h1-5,7H,6H2,(H,20,21)(H,17,18,19). The van der Waals surface area contributed by atoms with Crippen molar-refractivity contribution in [2.75, 3.05) is 5.32 Å². The van der Waals surface area contributed by atoms with E-state index in [0.717, 1.165) is 0 Å². The van der Waals surface area contributed by atoms with Gasteiger partial charge in [-0.3, -0.25) is 4.79 Å². The zero-order valence-electron chi connectivity index (χ0n) is 10.6. The van der Waals surface area contributed by atoms with Gasteiger partial charge in [-0.2, -0.15) is 0 Å². The molecule has 0 saturated heterocycles. The molecule has 2 aromatic rings. The maximum Gasteiger partial charge on any atom is 0.335 e. The number of hydrogen-bond donors (Lipinski definition) is 2. The Balaban J connectivity index is 2.06. The molecule has 0 radical (unpaired) electrons. The van der Waals surface area contributed by atoms with E-state index < -0.39 is 5.97 Å². The van der Waals surface area contributed by atoms with Crippen LogP contribution in [0.3, 0.4) is 0 Å². The SMILES string of the molecule is O=C(Cc1ccc(Cl)c(Cl)c1)Nc1cc(C(=O)O)ccn1. The van der Waals surface area contributed by atoms with Crippen molar-refractivity contribution in [3.8, 4) is 0 Å². The fraction of sp³-hybridized carbons (Fsp3) is 0.0714. The molecule has 1 amide bonds. The summed E-state index contributed by atoms with van der Waals surface area (Å²) in [5, 5.41) is 12.2. The van der Waals surface area contributed by atoms with Gasteiger partial charge in [0, 0.05) is 6.20 Å². The second-order valence-electron chi connectivity index (χ2n) is 4.21. The quantitative estimate of drug-likeness (QED) is 0.904. The summed E-state index contributed by atoms with van der Waals surface area (Å²) in [5.41, 5.74) is 0.742. The summed E-state index contributed by atoms with van der Waals surface area (Å²) in [5.74, 6) is -1.24. The number of rotatable bonds is 4. The minimum absolute atomic E-state index is 0.0508. The summed E-state index contributed by atoms with van der Waals surface area (Å²) in [6.07, 6.45) is 1.40. The monoisotopic (exact) mass is 324 g/mol. The number of aromatic nitrogens is 1. The first-order valence-electron chi connectivity index (χ1n) is 5.89. The predicted molar refractivity (Wildman–Crippen MR) is 80.0 cm³/mol. The normalized spacial score (nSPS) is 10.2. The minimum Gasteiger partial charge on any atom is -0.478 e. The van der Waals surface area contributed by atoms with Crippen LogP contribution in [0.15, 0.2) is 36.5 Å². The summed E-state index contributed by atoms with van der Waals surface area (Å²) in [6.45, 7) is 0. The van der Waals surface area contributed by atoms with Crippen molar-refractivity contribution in [3.63, 3.8) is 0 Å². The Labute approximate surface area is 130 Å². The summed E-state index contributed by atoms with van der Waals surface area (Å²) < 4.78 is 0. The fourth-order valence-electron chi connectivity index (χ4n) is 1.65. The second-order valence-corrected chi connectivity index (χ2v) is 5.02. The van der Waals surface area contributed by atoms with E-state index in [1.807, 2.05) is 0 Å². The Bertz CT molecular complexity index is 704. The number of carbonyl (C=O) groups excluding carboxylic acids is 1. The van der Waals surface area contributed by atoms with Crippen molar-refractivity contribution in [2.24, 2.45) is 0 Å². The number of amides is 1. The third kappa shape index (κ3) is 4.18. The first-order chi connectivity index (χ1) is 9.95. The van der Waals surface area contributed by atoms with Crippen molar-refractivity contribution in [3.05, 3.63) is 57.7 Å². The first kappa shape index (κ1) is 15.3. The smallest absolute Gasteiger partial charge is 0.335 e. The highest BCUT2D eigenvalue weighted by molar-refractivity contribution is 6.42. The average molecular weight is 325 g/mol. The second kappa shape index (κ2) is 6.56. The Hall–Kier alpha value is -2.11. The van der Waals surface area contributed by atoms with Crippen LogP contribution in [-0.2, 0) is 11.2 Å². The van der Waals surface area contributed by atoms with Crippen molar-refractivity contribution in [1.82, 2.24) is 4.98 Å². The molecular weight excluding hydrogens is 315 g/mol. The molecule has 1 aromatic carbocycles. The molecule has 0 saturated carbocycles. The predicted octanol–water partition coefficient (Wildman–Crippen LogP) is 3.27. The van der Waals surface area contributed by atoms with Crippen LogP contribution in [0.2, 0.25) is 10.0 Å². The molecule has 7 heteroatoms. The zero-order valence-corrected chi connectivity index (χ0v) is 12.1. The van der Waals surface area contributed by atoms with Gasteiger partial charge in [0.25, 0.3) is 0 Å². The largest absolute Gasteiger partial charge is 0.478 e. The van der Waals surface area contributed by atoms with Gasteiger partial charge in [0.2, 0.25) is 5.91 Å². The third-order valence-electron chi connectivity index (χ3n) is 2.62. The van der Waals surface area contributed by atoms with Crippen molar-refractivity contribution in [1.29, 1.82) is 0 Å². The van der Waals surface area contributed by atoms with Gasteiger partial charge in [0.05, 0.1) is 22.0 Å². The molecule has 2 rings (SSSR count). The summed E-state index contributed by atoms with van der Waals surface area (Å²) in [7, 11) is 0. The van der Waals surface area contributed by atoms with E-state index in [9.17, 15) is 9.59 Å². The molecule has 5 nitrogen and oxygen atoms in total. The highest BCUT2D eigenvalue weighted by Gasteiger charge is 2.09. The number of pyridine rings is 1. The highest BCUT2D eigenvalue weighted by Crippen LogP contribution is 2.22. The van der Waals surface area contributed by atoms with Gasteiger partial charge in [-0.15, -0.1) is 0 Å². The Morgan fingerprint density at radius 3 is 2.57 bits per heavy atom. The van der Waals surface area contributed by atoms with Gasteiger partial charge in [-0.05, 0) is 29.8 Å². The molecule has 0 spiro atoms. The molecule has 0 aliphatic rings. The molecular formula is C14H10Cl2N2O3. The van der Waals surface area contributed by atoms with Crippen molar-refractivity contribution in [2.45, 2.75) is 6.42 Å². The lowest BCUT2D eigenvalue weighted by atomic mass is 10.1. The van der Waals surface area contributed by atoms with Crippen LogP contribution in [-0.4, -0.2) is 22.0 Å². The zero-order chi connectivity index (χ0) is 15.4. The minimum atomic E-state index is -1.09. The van der Waals surface area contributed by atoms with Crippen LogP contribution in [0.4, 0.5) is 5.82 Å². The van der Waals surface area contributed by atoms with Gasteiger partial charge in [-0.25, -0.2) is 9.78 Å². The molecule has 1 heterocycles. The summed E-state index contributed by atoms with van der Waals surface area (Å²) >= 11 is 11.7. The molecule has 0 fully saturated rings. The van der Waals surface area contributed by atoms with E-state index in [-0.39, 0.29) is 23.7 Å². The third-order valence-corrected chi connectivity index (χ3v) is 3.36. The van der Waals surface area contributed by atoms with Crippen LogP contribution in [0, 0.1) is 0 Å². The lowest BCUT2D eigenvalue weighted by Gasteiger charge is -2.06. The van der Waals surface area contributed by atoms with Crippen LogP contribution < -0.4 is 5.32 Å². The number of carboxylic acid groups (broad SMARTS) is 1. The molecule has 108 valence electrons. The Morgan fingerprint density at radius 1 is 1.14 bits per heavy atom. The fourth-order valence-corrected chi connectivity index (χ4v) is 1.97. The van der Waals surface area contributed by atoms with Gasteiger partial charge in [-0.1, -0.05) is 29.3 Å². The van der Waals surface area contributed by atoms with E-state index in [1.165, 1.54) is 18.3 Å². The number of hydrogen-bond acceptors (Lipinski definition) is 3. The lowest BCUT2D eigenvalue weighted by molar-refractivity contribution is -0.115. The molecule has 0 unspecified atom stereocenters. The maximum absolute atomic E-state index is 11.9. The Kier molecular flexibility index (Phi) is 4.77. The topological polar surface area (TPSA) is 79.3 Å². The number of carboxylic acids is 1. The van der Waals surface area contributed by atoms with E-state index in [2.05, 4.69) is 10.3 Å². The average Bonchev–Trinajstić information content (AvgIpc) is 2.43. The molecule has 0 aliphatic carbocycles. The lowest BCUT2D eigenvalue weighted by Crippen LogP contribution is -2.15. The van der Waals surface area contributed by atoms with E-state index in [1.54, 1.807) is 18.2 Å². The van der Waals surface area contributed by atoms with Gasteiger partial charge < -0.3 is 10.4 Å². The van der Waals surface area contributed by atoms with Gasteiger partial charge in [0.1, 0.15) is 5.82 Å². The Morgan fingerprint density at radius 2 is 1.90 bits per heavy atom. The first-order valence-corrected chi connectivity index (χ1v) is 6.64. The van der Waals surface area contributed by atoms with E-state index in [0.29, 0.717) is 15.6 Å².